The van der Waals surface area contributed by atoms with Gasteiger partial charge in [-0.15, -0.1) is 0 Å². The van der Waals surface area contributed by atoms with Crippen LogP contribution in [0.25, 0.3) is 0 Å². The molecular weight excluding hydrogens is 332 g/mol. The fraction of sp³-hybridized carbons (Fsp3) is 0.300. The lowest BCUT2D eigenvalue weighted by Crippen LogP contribution is -2.17. The normalized spacial score (nSPS) is 10.6. The molecule has 0 aliphatic heterocycles. The minimum absolute atomic E-state index is 0.326. The lowest BCUT2D eigenvalue weighted by molar-refractivity contribution is 0.0954. The van der Waals surface area contributed by atoms with Gasteiger partial charge >= 0.3 is 0 Å². The average molecular weight is 356 g/mol. The van der Waals surface area contributed by atoms with Crippen molar-refractivity contribution >= 4 is 12.1 Å². The van der Waals surface area contributed by atoms with E-state index in [2.05, 4.69) is 10.5 Å². The van der Waals surface area contributed by atoms with Crippen molar-refractivity contribution in [2.45, 2.75) is 20.3 Å². The molecule has 0 heterocycles. The van der Waals surface area contributed by atoms with Crippen LogP contribution in [0.1, 0.15) is 36.2 Å². The largest absolute Gasteiger partial charge is 0.494 e. The van der Waals surface area contributed by atoms with E-state index in [-0.39, 0.29) is 5.91 Å². The maximum atomic E-state index is 12.2. The molecule has 1 N–H and O–H groups in total. The van der Waals surface area contributed by atoms with Gasteiger partial charge in [-0.05, 0) is 61.4 Å². The number of carbonyl (C=O) groups is 1. The monoisotopic (exact) mass is 356 g/mol. The standard InChI is InChI=1S/C20H24N2O4/c1-4-12-26-18-11-8-16(13-19(18)24-3)20(23)22-21-14-15-6-9-17(10-7-15)25-5-2/h6-11,13-14H,4-5,12H2,1-3H3,(H,22,23)/b21-14+. The molecule has 0 unspecified atom stereocenters. The summed E-state index contributed by atoms with van der Waals surface area (Å²) in [6.07, 6.45) is 2.47. The third-order valence-electron chi connectivity index (χ3n) is 3.46. The van der Waals surface area contributed by atoms with Gasteiger partial charge in [-0.2, -0.15) is 5.10 Å². The molecule has 0 radical (unpaired) electrons. The lowest BCUT2D eigenvalue weighted by atomic mass is 10.2. The lowest BCUT2D eigenvalue weighted by Gasteiger charge is -2.11. The molecule has 0 aliphatic carbocycles. The number of nitrogens with one attached hydrogen (secondary N) is 1. The smallest absolute Gasteiger partial charge is 0.271 e. The van der Waals surface area contributed by atoms with E-state index in [1.54, 1.807) is 31.5 Å². The second-order valence-electron chi connectivity index (χ2n) is 5.42. The number of benzene rings is 2. The molecule has 0 atom stereocenters. The average Bonchev–Trinajstić information content (AvgIpc) is 2.67. The fourth-order valence-electron chi connectivity index (χ4n) is 2.19. The van der Waals surface area contributed by atoms with Gasteiger partial charge in [0.05, 0.1) is 26.5 Å². The van der Waals surface area contributed by atoms with Crippen LogP contribution in [0.3, 0.4) is 0 Å². The molecule has 0 saturated carbocycles. The van der Waals surface area contributed by atoms with Gasteiger partial charge in [0, 0.05) is 5.56 Å². The highest BCUT2D eigenvalue weighted by molar-refractivity contribution is 5.95. The Morgan fingerprint density at radius 1 is 1.08 bits per heavy atom. The van der Waals surface area contributed by atoms with Gasteiger partial charge in [-0.1, -0.05) is 6.92 Å². The zero-order chi connectivity index (χ0) is 18.8. The van der Waals surface area contributed by atoms with Crippen molar-refractivity contribution in [3.05, 3.63) is 53.6 Å². The predicted molar refractivity (Wildman–Crippen MR) is 101 cm³/mol. The van der Waals surface area contributed by atoms with E-state index < -0.39 is 0 Å². The summed E-state index contributed by atoms with van der Waals surface area (Å²) in [4.78, 5) is 12.2. The van der Waals surface area contributed by atoms with Crippen LogP contribution >= 0.6 is 0 Å². The number of hydrazone groups is 1. The Morgan fingerprint density at radius 3 is 2.50 bits per heavy atom. The van der Waals surface area contributed by atoms with E-state index in [1.165, 1.54) is 0 Å². The second-order valence-corrected chi connectivity index (χ2v) is 5.42. The number of rotatable bonds is 9. The summed E-state index contributed by atoms with van der Waals surface area (Å²) in [5.74, 6) is 1.60. The van der Waals surface area contributed by atoms with Gasteiger partial charge < -0.3 is 14.2 Å². The zero-order valence-electron chi connectivity index (χ0n) is 15.3. The molecule has 0 saturated heterocycles. The Balaban J connectivity index is 1.98. The second kappa shape index (κ2) is 10.1. The van der Waals surface area contributed by atoms with Gasteiger partial charge in [0.2, 0.25) is 0 Å². The highest BCUT2D eigenvalue weighted by atomic mass is 16.5. The Kier molecular flexibility index (Phi) is 7.49. The van der Waals surface area contributed by atoms with Crippen LogP contribution in [-0.4, -0.2) is 32.4 Å². The maximum absolute atomic E-state index is 12.2. The van der Waals surface area contributed by atoms with Crippen molar-refractivity contribution in [1.29, 1.82) is 0 Å². The SMILES string of the molecule is CCCOc1ccc(C(=O)N/N=C/c2ccc(OCC)cc2)cc1OC. The molecule has 2 aromatic carbocycles. The molecule has 2 rings (SSSR count). The topological polar surface area (TPSA) is 69.2 Å². The molecule has 26 heavy (non-hydrogen) atoms. The number of carbonyl (C=O) groups excluding carboxylic acids is 1. The minimum atomic E-state index is -0.326. The molecule has 1 amide bonds. The van der Waals surface area contributed by atoms with Crippen molar-refractivity contribution in [1.82, 2.24) is 5.43 Å². The molecule has 0 aliphatic rings. The highest BCUT2D eigenvalue weighted by Crippen LogP contribution is 2.28. The van der Waals surface area contributed by atoms with Crippen molar-refractivity contribution in [3.8, 4) is 17.2 Å². The minimum Gasteiger partial charge on any atom is -0.494 e. The Bertz CT molecular complexity index is 742. The predicted octanol–water partition coefficient (Wildman–Crippen LogP) is 3.65. The molecule has 138 valence electrons. The molecule has 6 heteroatoms. The van der Waals surface area contributed by atoms with Crippen LogP contribution in [0.15, 0.2) is 47.6 Å². The third kappa shape index (κ3) is 5.51. The van der Waals surface area contributed by atoms with Gasteiger partial charge in [0.1, 0.15) is 5.75 Å². The molecule has 6 nitrogen and oxygen atoms in total. The molecule has 0 spiro atoms. The number of amides is 1. The van der Waals surface area contributed by atoms with E-state index in [9.17, 15) is 4.79 Å². The molecule has 2 aromatic rings. The molecular formula is C20H24N2O4. The first-order valence-electron chi connectivity index (χ1n) is 8.55. The van der Waals surface area contributed by atoms with E-state index in [0.29, 0.717) is 30.3 Å². The highest BCUT2D eigenvalue weighted by Gasteiger charge is 2.10. The number of methoxy groups -OCH3 is 1. The fourth-order valence-corrected chi connectivity index (χ4v) is 2.19. The van der Waals surface area contributed by atoms with Crippen LogP contribution in [0.4, 0.5) is 0 Å². The van der Waals surface area contributed by atoms with Crippen LogP contribution in [0.5, 0.6) is 17.2 Å². The molecule has 0 bridgehead atoms. The van der Waals surface area contributed by atoms with Crippen LogP contribution in [0.2, 0.25) is 0 Å². The van der Waals surface area contributed by atoms with Crippen LogP contribution in [-0.2, 0) is 0 Å². The first-order valence-corrected chi connectivity index (χ1v) is 8.55. The molecule has 0 fully saturated rings. The quantitative estimate of drug-likeness (QED) is 0.550. The van der Waals surface area contributed by atoms with Gasteiger partial charge in [-0.25, -0.2) is 5.43 Å². The zero-order valence-corrected chi connectivity index (χ0v) is 15.3. The summed E-state index contributed by atoms with van der Waals surface area (Å²) >= 11 is 0. The third-order valence-corrected chi connectivity index (χ3v) is 3.46. The Labute approximate surface area is 153 Å². The summed E-state index contributed by atoms with van der Waals surface area (Å²) in [5.41, 5.74) is 3.80. The van der Waals surface area contributed by atoms with Crippen LogP contribution < -0.4 is 19.6 Å². The Morgan fingerprint density at radius 2 is 1.85 bits per heavy atom. The first-order chi connectivity index (χ1) is 12.7. The summed E-state index contributed by atoms with van der Waals surface area (Å²) < 4.78 is 16.2. The van der Waals surface area contributed by atoms with Crippen molar-refractivity contribution < 1.29 is 19.0 Å². The summed E-state index contributed by atoms with van der Waals surface area (Å²) in [6.45, 7) is 5.17. The van der Waals surface area contributed by atoms with Crippen molar-refractivity contribution in [2.75, 3.05) is 20.3 Å². The molecule has 0 aromatic heterocycles. The van der Waals surface area contributed by atoms with E-state index in [0.717, 1.165) is 17.7 Å². The van der Waals surface area contributed by atoms with E-state index in [4.69, 9.17) is 14.2 Å². The van der Waals surface area contributed by atoms with Gasteiger partial charge in [0.15, 0.2) is 11.5 Å². The Hall–Kier alpha value is -3.02. The van der Waals surface area contributed by atoms with Gasteiger partial charge in [-0.3, -0.25) is 4.79 Å². The first kappa shape index (κ1) is 19.3. The van der Waals surface area contributed by atoms with Crippen LogP contribution in [0, 0.1) is 0 Å². The van der Waals surface area contributed by atoms with Crippen molar-refractivity contribution in [2.24, 2.45) is 5.10 Å². The number of hydrogen-bond donors (Lipinski definition) is 1. The number of ether oxygens (including phenoxy) is 3. The van der Waals surface area contributed by atoms with Crippen molar-refractivity contribution in [3.63, 3.8) is 0 Å². The summed E-state index contributed by atoms with van der Waals surface area (Å²) in [6, 6.07) is 12.5. The van der Waals surface area contributed by atoms with Gasteiger partial charge in [0.25, 0.3) is 5.91 Å². The maximum Gasteiger partial charge on any atom is 0.271 e. The number of nitrogens with zero attached hydrogens (tertiary/aromatic N) is 1. The van der Waals surface area contributed by atoms with E-state index >= 15 is 0 Å². The van der Waals surface area contributed by atoms with E-state index in [1.807, 2.05) is 38.1 Å². The summed E-state index contributed by atoms with van der Waals surface area (Å²) in [7, 11) is 1.54. The summed E-state index contributed by atoms with van der Waals surface area (Å²) in [5, 5.41) is 3.98. The number of hydrogen-bond acceptors (Lipinski definition) is 5.